The normalized spacial score (nSPS) is 19.8. The van der Waals surface area contributed by atoms with E-state index in [4.69, 9.17) is 9.47 Å². The molecule has 4 nitrogen and oxygen atoms in total. The summed E-state index contributed by atoms with van der Waals surface area (Å²) >= 11 is 0. The van der Waals surface area contributed by atoms with Crippen molar-refractivity contribution in [2.75, 3.05) is 13.2 Å². The van der Waals surface area contributed by atoms with E-state index in [1.165, 1.54) is 6.07 Å². The van der Waals surface area contributed by atoms with Crippen molar-refractivity contribution < 1.29 is 18.7 Å². The predicted octanol–water partition coefficient (Wildman–Crippen LogP) is 2.70. The number of hydrogen-bond acceptors (Lipinski definition) is 4. The van der Waals surface area contributed by atoms with Crippen LogP contribution < -0.4 is 9.47 Å². The first-order chi connectivity index (χ1) is 9.25. The molecule has 0 N–H and O–H groups in total. The van der Waals surface area contributed by atoms with Crippen LogP contribution in [0.3, 0.4) is 0 Å². The summed E-state index contributed by atoms with van der Waals surface area (Å²) in [5.41, 5.74) is 0.0525. The molecule has 1 aromatic carbocycles. The highest BCUT2D eigenvalue weighted by Gasteiger charge is 2.40. The summed E-state index contributed by atoms with van der Waals surface area (Å²) in [4.78, 5) is 14.5. The van der Waals surface area contributed by atoms with Crippen molar-refractivity contribution in [3.05, 3.63) is 23.5 Å². The molecule has 5 heteroatoms. The number of rotatable bonds is 2. The Morgan fingerprint density at radius 3 is 2.68 bits per heavy atom. The summed E-state index contributed by atoms with van der Waals surface area (Å²) in [5.74, 6) is 0.104. The Bertz CT molecular complexity index is 548. The van der Waals surface area contributed by atoms with Gasteiger partial charge in [0, 0.05) is 6.42 Å². The van der Waals surface area contributed by atoms with Crippen molar-refractivity contribution in [2.45, 2.75) is 31.2 Å². The second-order valence-electron chi connectivity index (χ2n) is 4.92. The van der Waals surface area contributed by atoms with Gasteiger partial charge in [0.2, 0.25) is 6.08 Å². The Kier molecular flexibility index (Phi) is 2.99. The molecule has 2 aliphatic rings. The predicted molar refractivity (Wildman–Crippen MR) is 65.7 cm³/mol. The van der Waals surface area contributed by atoms with Crippen molar-refractivity contribution in [3.8, 4) is 11.5 Å². The average molecular weight is 263 g/mol. The van der Waals surface area contributed by atoms with Gasteiger partial charge in [-0.25, -0.2) is 9.18 Å². The Hall–Kier alpha value is -1.87. The Morgan fingerprint density at radius 2 is 2.00 bits per heavy atom. The number of isocyanates is 1. The highest BCUT2D eigenvalue weighted by molar-refractivity contribution is 5.48. The van der Waals surface area contributed by atoms with Crippen molar-refractivity contribution in [1.82, 2.24) is 0 Å². The van der Waals surface area contributed by atoms with Crippen LogP contribution in [0.25, 0.3) is 0 Å². The van der Waals surface area contributed by atoms with Gasteiger partial charge in [-0.05, 0) is 37.0 Å². The van der Waals surface area contributed by atoms with E-state index in [0.717, 1.165) is 25.7 Å². The molecule has 0 bridgehead atoms. The summed E-state index contributed by atoms with van der Waals surface area (Å²) in [6.45, 7) is 0.945. The van der Waals surface area contributed by atoms with E-state index in [0.29, 0.717) is 24.5 Å². The van der Waals surface area contributed by atoms with Crippen molar-refractivity contribution in [3.63, 3.8) is 0 Å². The van der Waals surface area contributed by atoms with Gasteiger partial charge < -0.3 is 9.47 Å². The molecular formula is C14H14FNO3. The summed E-state index contributed by atoms with van der Waals surface area (Å²) in [6.07, 6.45) is 4.77. The first-order valence-electron chi connectivity index (χ1n) is 6.44. The molecule has 0 unspecified atom stereocenters. The first-order valence-corrected chi connectivity index (χ1v) is 6.44. The van der Waals surface area contributed by atoms with Gasteiger partial charge in [0.15, 0.2) is 17.3 Å². The highest BCUT2D eigenvalue weighted by atomic mass is 19.1. The fourth-order valence-electron chi connectivity index (χ4n) is 2.56. The third-order valence-electron chi connectivity index (χ3n) is 3.78. The average Bonchev–Trinajstić information content (AvgIpc) is 2.59. The molecule has 100 valence electrons. The summed E-state index contributed by atoms with van der Waals surface area (Å²) in [7, 11) is 0. The molecule has 19 heavy (non-hydrogen) atoms. The van der Waals surface area contributed by atoms with Crippen LogP contribution in [0.5, 0.6) is 11.5 Å². The zero-order valence-electron chi connectivity index (χ0n) is 10.4. The number of benzene rings is 1. The lowest BCUT2D eigenvalue weighted by atomic mass is 9.72. The lowest BCUT2D eigenvalue weighted by Gasteiger charge is -2.37. The number of halogens is 1. The molecule has 0 aromatic heterocycles. The Labute approximate surface area is 110 Å². The quantitative estimate of drug-likeness (QED) is 0.609. The SMILES string of the molecule is O=C=NC1(c2cc(F)c3c(c2)OCCCO3)CCC1. The summed E-state index contributed by atoms with van der Waals surface area (Å²) in [5, 5.41) is 0. The van der Waals surface area contributed by atoms with Crippen molar-refractivity contribution in [2.24, 2.45) is 4.99 Å². The van der Waals surface area contributed by atoms with E-state index >= 15 is 0 Å². The lowest BCUT2D eigenvalue weighted by molar-refractivity contribution is 0.252. The zero-order chi connectivity index (χ0) is 13.3. The van der Waals surface area contributed by atoms with Gasteiger partial charge in [0.05, 0.1) is 18.8 Å². The maximum absolute atomic E-state index is 14.1. The van der Waals surface area contributed by atoms with Crippen molar-refractivity contribution >= 4 is 6.08 Å². The minimum Gasteiger partial charge on any atom is -0.489 e. The van der Waals surface area contributed by atoms with Gasteiger partial charge in [-0.15, -0.1) is 0 Å². The molecule has 0 amide bonds. The van der Waals surface area contributed by atoms with E-state index < -0.39 is 11.4 Å². The van der Waals surface area contributed by atoms with Gasteiger partial charge in [-0.2, -0.15) is 4.99 Å². The van der Waals surface area contributed by atoms with Gasteiger partial charge in [-0.3, -0.25) is 0 Å². The molecule has 1 saturated carbocycles. The van der Waals surface area contributed by atoms with Crippen molar-refractivity contribution in [1.29, 1.82) is 0 Å². The maximum atomic E-state index is 14.1. The fraction of sp³-hybridized carbons (Fsp3) is 0.500. The van der Waals surface area contributed by atoms with Gasteiger partial charge in [-0.1, -0.05) is 0 Å². The Balaban J connectivity index is 2.06. The van der Waals surface area contributed by atoms with E-state index in [2.05, 4.69) is 4.99 Å². The number of carbonyl (C=O) groups excluding carboxylic acids is 1. The molecule has 1 aromatic rings. The van der Waals surface area contributed by atoms with Crippen LogP contribution in [0.2, 0.25) is 0 Å². The topological polar surface area (TPSA) is 47.9 Å². The number of aliphatic imine (C=N–C) groups is 1. The van der Waals surface area contributed by atoms with E-state index in [1.807, 2.05) is 0 Å². The minimum atomic E-state index is -0.618. The molecule has 0 saturated heterocycles. The van der Waals surface area contributed by atoms with Crippen LogP contribution in [0, 0.1) is 5.82 Å². The number of nitrogens with zero attached hydrogens (tertiary/aromatic N) is 1. The maximum Gasteiger partial charge on any atom is 0.235 e. The Morgan fingerprint density at radius 1 is 1.21 bits per heavy atom. The number of fused-ring (bicyclic) bond motifs is 1. The summed E-state index contributed by atoms with van der Waals surface area (Å²) < 4.78 is 25.0. The molecule has 0 radical (unpaired) electrons. The van der Waals surface area contributed by atoms with Gasteiger partial charge in [0.1, 0.15) is 0 Å². The fourth-order valence-corrected chi connectivity index (χ4v) is 2.56. The van der Waals surface area contributed by atoms with E-state index in [-0.39, 0.29) is 5.75 Å². The first kappa shape index (κ1) is 12.2. The van der Waals surface area contributed by atoms with Crippen LogP contribution in [-0.2, 0) is 10.3 Å². The number of hydrogen-bond donors (Lipinski definition) is 0. The summed E-state index contributed by atoms with van der Waals surface area (Å²) in [6, 6.07) is 3.14. The van der Waals surface area contributed by atoms with E-state index in [9.17, 15) is 9.18 Å². The second-order valence-corrected chi connectivity index (χ2v) is 4.92. The molecule has 1 aliphatic carbocycles. The molecule has 1 aliphatic heterocycles. The van der Waals surface area contributed by atoms with Crippen LogP contribution in [0.1, 0.15) is 31.2 Å². The standard InChI is InChI=1S/C14H14FNO3/c15-11-7-10(14(16-9-17)3-1-4-14)8-12-13(11)19-6-2-5-18-12/h7-8H,1-6H2. The van der Waals surface area contributed by atoms with E-state index in [1.54, 1.807) is 12.1 Å². The van der Waals surface area contributed by atoms with Crippen LogP contribution in [-0.4, -0.2) is 19.3 Å². The molecule has 1 heterocycles. The molecule has 0 spiro atoms. The third kappa shape index (κ3) is 2.00. The second kappa shape index (κ2) is 4.67. The third-order valence-corrected chi connectivity index (χ3v) is 3.78. The largest absolute Gasteiger partial charge is 0.489 e. The molecule has 0 atom stereocenters. The van der Waals surface area contributed by atoms with Crippen LogP contribution >= 0.6 is 0 Å². The molecule has 3 rings (SSSR count). The van der Waals surface area contributed by atoms with Crippen LogP contribution in [0.4, 0.5) is 4.39 Å². The zero-order valence-corrected chi connectivity index (χ0v) is 10.4. The lowest BCUT2D eigenvalue weighted by Crippen LogP contribution is -2.32. The smallest absolute Gasteiger partial charge is 0.235 e. The van der Waals surface area contributed by atoms with Crippen LogP contribution in [0.15, 0.2) is 17.1 Å². The molecule has 1 fully saturated rings. The van der Waals surface area contributed by atoms with Gasteiger partial charge >= 0.3 is 0 Å². The minimum absolute atomic E-state index is 0.158. The number of ether oxygens (including phenoxy) is 2. The van der Waals surface area contributed by atoms with Gasteiger partial charge in [0.25, 0.3) is 0 Å². The molecular weight excluding hydrogens is 249 g/mol. The highest BCUT2D eigenvalue weighted by Crippen LogP contribution is 2.47. The monoisotopic (exact) mass is 263 g/mol.